The number of aromatic nitrogens is 1. The number of imide groups is 1. The van der Waals surface area contributed by atoms with Gasteiger partial charge < -0.3 is 58.1 Å². The Morgan fingerprint density at radius 2 is 1.68 bits per heavy atom. The van der Waals surface area contributed by atoms with E-state index in [0.717, 1.165) is 40.2 Å². The van der Waals surface area contributed by atoms with Crippen LogP contribution in [0.5, 0.6) is 0 Å². The van der Waals surface area contributed by atoms with Gasteiger partial charge in [0.2, 0.25) is 35.4 Å². The number of aliphatic hydroxyl groups excluding tert-OH is 1. The number of hydrogen-bond acceptors (Lipinski definition) is 15. The van der Waals surface area contributed by atoms with Gasteiger partial charge in [-0.25, -0.2) is 9.79 Å². The van der Waals surface area contributed by atoms with Gasteiger partial charge in [-0.05, 0) is 80.2 Å². The number of fused-ring (bicyclic) bond motifs is 2. The fourth-order valence-corrected chi connectivity index (χ4v) is 9.46. The minimum atomic E-state index is -1.12. The first-order valence-corrected chi connectivity index (χ1v) is 26.8. The number of pyridine rings is 1. The molecule has 24 heteroatoms. The zero-order chi connectivity index (χ0) is 56.4. The van der Waals surface area contributed by atoms with Crippen LogP contribution in [0.4, 0.5) is 16.2 Å². The van der Waals surface area contributed by atoms with E-state index in [9.17, 15) is 48.3 Å². The van der Waals surface area contributed by atoms with Gasteiger partial charge in [-0.2, -0.15) is 0 Å². The van der Waals surface area contributed by atoms with Crippen LogP contribution < -0.4 is 43.4 Å². The van der Waals surface area contributed by atoms with Gasteiger partial charge in [0, 0.05) is 94.1 Å². The fraction of sp³-hybridized carbons (Fsp3) is 0.537. The molecule has 0 spiro atoms. The van der Waals surface area contributed by atoms with E-state index in [1.807, 2.05) is 31.2 Å². The van der Waals surface area contributed by atoms with E-state index in [1.54, 1.807) is 31.0 Å². The highest BCUT2D eigenvalue weighted by molar-refractivity contribution is 6.13. The fourth-order valence-electron chi connectivity index (χ4n) is 9.46. The second-order valence-corrected chi connectivity index (χ2v) is 20.3. The maximum atomic E-state index is 14.0. The lowest BCUT2D eigenvalue weighted by Crippen LogP contribution is -2.56. The Labute approximate surface area is 454 Å². The molecule has 1 fully saturated rings. The number of carbonyl (C=O) groups excluding carboxylic acids is 9. The standard InChI is InChI=1S/C54H75N13O11/c1-4-19-66(22-24-68)51(75)36-26-35-11-12-38(29-42(35)62-43(55)28-36)54(16-17-54)52(76)61-39-27-37-32-65(21-15-40(37)58-30-39)23-25-78-33-60-45(70)31-59-49(73)41(9-8-18-57-53(56)77)63-50(74)48(34(2)3)64-44(69)10-6-5-7-20-67-46(71)13-14-47(67)72/h11-14,26-27,29-30,34,41,48,68H,4-10,15-25,28,31-33H2,1-3H3,(H2,55,62)(H,59,73)(H,60,70)(H,61,76)(H,63,74)(H,64,69)(H3,56,57,77)/t41-,48-/m0/s1. The molecule has 4 aliphatic rings. The van der Waals surface area contributed by atoms with E-state index in [-0.39, 0.29) is 107 Å². The second-order valence-electron chi connectivity index (χ2n) is 20.3. The van der Waals surface area contributed by atoms with Crippen molar-refractivity contribution in [3.63, 3.8) is 0 Å². The van der Waals surface area contributed by atoms with Crippen molar-refractivity contribution in [1.82, 2.24) is 46.3 Å². The average Bonchev–Trinajstić information content (AvgIpc) is 4.19. The highest BCUT2D eigenvalue weighted by Crippen LogP contribution is 2.50. The number of aliphatic imine (C=N–C) groups is 1. The minimum absolute atomic E-state index is 0.0771. The summed E-state index contributed by atoms with van der Waals surface area (Å²) in [6.45, 7) is 7.95. The molecule has 0 unspecified atom stereocenters. The summed E-state index contributed by atoms with van der Waals surface area (Å²) in [4.78, 5) is 129. The monoisotopic (exact) mass is 1080 g/mol. The number of hydrogen-bond donors (Lipinski definition) is 9. The molecule has 422 valence electrons. The van der Waals surface area contributed by atoms with E-state index in [1.165, 1.54) is 12.2 Å². The molecule has 0 radical (unpaired) electrons. The van der Waals surface area contributed by atoms with Crippen LogP contribution in [0.3, 0.4) is 0 Å². The number of nitrogens with two attached hydrogens (primary N) is 2. The molecular formula is C54H75N13O11. The third-order valence-electron chi connectivity index (χ3n) is 13.9. The molecule has 1 aliphatic carbocycles. The van der Waals surface area contributed by atoms with Crippen LogP contribution in [-0.2, 0) is 61.5 Å². The van der Waals surface area contributed by atoms with Crippen LogP contribution in [0.2, 0.25) is 0 Å². The first-order chi connectivity index (χ1) is 37.4. The molecule has 24 nitrogen and oxygen atoms in total. The Kier molecular flexibility index (Phi) is 22.0. The number of anilines is 1. The molecule has 2 aromatic rings. The largest absolute Gasteiger partial charge is 0.395 e. The van der Waals surface area contributed by atoms with Crippen molar-refractivity contribution < 1.29 is 53.0 Å². The van der Waals surface area contributed by atoms with Gasteiger partial charge in [-0.15, -0.1) is 0 Å². The summed E-state index contributed by atoms with van der Waals surface area (Å²) < 4.78 is 5.72. The van der Waals surface area contributed by atoms with Gasteiger partial charge in [-0.1, -0.05) is 39.3 Å². The topological polar surface area (TPSA) is 342 Å². The average molecular weight is 1080 g/mol. The van der Waals surface area contributed by atoms with Gasteiger partial charge in [0.05, 0.1) is 42.7 Å². The lowest BCUT2D eigenvalue weighted by molar-refractivity contribution is -0.137. The first-order valence-electron chi connectivity index (χ1n) is 26.8. The van der Waals surface area contributed by atoms with Crippen molar-refractivity contribution >= 4 is 76.6 Å². The molecule has 0 bridgehead atoms. The molecule has 3 aliphatic heterocycles. The number of nitrogens with one attached hydrogen (secondary N) is 6. The number of urea groups is 1. The molecule has 6 rings (SSSR count). The predicted octanol–water partition coefficient (Wildman–Crippen LogP) is 0.883. The van der Waals surface area contributed by atoms with Crippen LogP contribution in [-0.4, -0.2) is 162 Å². The van der Waals surface area contributed by atoms with Crippen molar-refractivity contribution in [3.05, 3.63) is 70.6 Å². The number of benzene rings is 1. The zero-order valence-corrected chi connectivity index (χ0v) is 44.8. The third-order valence-corrected chi connectivity index (χ3v) is 13.9. The Hall–Kier alpha value is -7.57. The van der Waals surface area contributed by atoms with Gasteiger partial charge >= 0.3 is 6.03 Å². The number of aliphatic hydroxyl groups is 1. The van der Waals surface area contributed by atoms with Crippen molar-refractivity contribution in [3.8, 4) is 0 Å². The van der Waals surface area contributed by atoms with Crippen molar-refractivity contribution in [2.45, 2.75) is 115 Å². The van der Waals surface area contributed by atoms with E-state index in [0.29, 0.717) is 75.1 Å². The molecule has 1 aromatic carbocycles. The normalized spacial score (nSPS) is 16.1. The number of rotatable bonds is 30. The van der Waals surface area contributed by atoms with E-state index in [4.69, 9.17) is 16.2 Å². The Morgan fingerprint density at radius 1 is 0.910 bits per heavy atom. The summed E-state index contributed by atoms with van der Waals surface area (Å²) in [6, 6.07) is 4.71. The quantitative estimate of drug-likeness (QED) is 0.0298. The van der Waals surface area contributed by atoms with Gasteiger partial charge in [0.1, 0.15) is 24.7 Å². The molecule has 10 amide bonds. The van der Waals surface area contributed by atoms with Crippen LogP contribution in [0.25, 0.3) is 6.08 Å². The number of unbranched alkanes of at least 4 members (excludes halogenated alkanes) is 2. The van der Waals surface area contributed by atoms with Crippen LogP contribution in [0.15, 0.2) is 53.2 Å². The first kappa shape index (κ1) is 59.7. The summed E-state index contributed by atoms with van der Waals surface area (Å²) >= 11 is 0. The lowest BCUT2D eigenvalue weighted by atomic mass is 9.92. The van der Waals surface area contributed by atoms with Crippen LogP contribution in [0, 0.1) is 5.92 Å². The summed E-state index contributed by atoms with van der Waals surface area (Å²) in [5.74, 6) is -3.35. The molecule has 2 atom stereocenters. The highest BCUT2D eigenvalue weighted by atomic mass is 16.5. The molecule has 11 N–H and O–H groups in total. The van der Waals surface area contributed by atoms with Gasteiger partial charge in [0.25, 0.3) is 11.8 Å². The van der Waals surface area contributed by atoms with Crippen molar-refractivity contribution in [2.75, 3.05) is 71.1 Å². The third kappa shape index (κ3) is 17.0. The maximum absolute atomic E-state index is 14.0. The Morgan fingerprint density at radius 3 is 2.38 bits per heavy atom. The number of ether oxygens (including phenoxy) is 1. The van der Waals surface area contributed by atoms with Crippen molar-refractivity contribution in [2.24, 2.45) is 22.4 Å². The van der Waals surface area contributed by atoms with Gasteiger partial charge in [0.15, 0.2) is 0 Å². The molecule has 4 heterocycles. The summed E-state index contributed by atoms with van der Waals surface area (Å²) in [6.07, 6.45) is 10.8. The van der Waals surface area contributed by atoms with Crippen LogP contribution in [0.1, 0.15) is 107 Å². The number of amides is 10. The molecular weight excluding hydrogens is 1010 g/mol. The molecule has 1 saturated carbocycles. The summed E-state index contributed by atoms with van der Waals surface area (Å²) in [7, 11) is 0. The number of amidine groups is 1. The lowest BCUT2D eigenvalue weighted by Gasteiger charge is -2.28. The zero-order valence-electron chi connectivity index (χ0n) is 44.8. The van der Waals surface area contributed by atoms with Crippen molar-refractivity contribution in [1.29, 1.82) is 0 Å². The van der Waals surface area contributed by atoms with E-state index < -0.39 is 47.8 Å². The van der Waals surface area contributed by atoms with E-state index in [2.05, 4.69) is 46.8 Å². The number of primary amides is 1. The van der Waals surface area contributed by atoms with E-state index >= 15 is 0 Å². The predicted molar refractivity (Wildman–Crippen MR) is 289 cm³/mol. The number of nitrogens with zero attached hydrogens (tertiary/aromatic N) is 5. The van der Waals surface area contributed by atoms with Gasteiger partial charge in [-0.3, -0.25) is 53.1 Å². The van der Waals surface area contributed by atoms with Crippen LogP contribution >= 0.6 is 0 Å². The smallest absolute Gasteiger partial charge is 0.312 e. The molecule has 1 aromatic heterocycles. The molecule has 78 heavy (non-hydrogen) atoms. The number of carbonyl (C=O) groups is 9. The molecule has 0 saturated heterocycles. The Balaban J connectivity index is 0.924. The summed E-state index contributed by atoms with van der Waals surface area (Å²) in [5, 5.41) is 25.6. The minimum Gasteiger partial charge on any atom is -0.395 e. The highest BCUT2D eigenvalue weighted by Gasteiger charge is 2.51. The second kappa shape index (κ2) is 28.7. The maximum Gasteiger partial charge on any atom is 0.312 e. The Bertz CT molecular complexity index is 2630. The SMILES string of the molecule is CCCN(CCO)C(=O)C1=Cc2ccc(C3(C(=O)Nc4cnc5c(c4)CN(CCOCNC(=O)CNC(=O)[C@H](CCCNC(N)=O)NC(=O)[C@@H](NC(=O)CCCCCN4C(=O)C=CC4=O)C(C)C)CC5)CC3)cc2N=C(N)C1. The summed E-state index contributed by atoms with van der Waals surface area (Å²) in [5.41, 5.74) is 15.8.